The Kier molecular flexibility index (Phi) is 2.90. The summed E-state index contributed by atoms with van der Waals surface area (Å²) in [6.07, 6.45) is 3.79. The Morgan fingerprint density at radius 1 is 1.27 bits per heavy atom. The quantitative estimate of drug-likeness (QED) is 0.615. The normalized spacial score (nSPS) is 39.5. The van der Waals surface area contributed by atoms with Crippen molar-refractivity contribution in [3.05, 3.63) is 0 Å². The van der Waals surface area contributed by atoms with E-state index in [1.165, 1.54) is 19.3 Å². The molecule has 11 heavy (non-hydrogen) atoms. The van der Waals surface area contributed by atoms with Crippen LogP contribution in [0.5, 0.6) is 0 Å². The maximum absolute atomic E-state index is 5.98. The van der Waals surface area contributed by atoms with E-state index >= 15 is 0 Å². The van der Waals surface area contributed by atoms with Gasteiger partial charge in [0.25, 0.3) is 0 Å². The molecule has 1 saturated carbocycles. The lowest BCUT2D eigenvalue weighted by atomic mass is 9.83. The van der Waals surface area contributed by atoms with E-state index in [9.17, 15) is 0 Å². The van der Waals surface area contributed by atoms with Gasteiger partial charge in [0.15, 0.2) is 0 Å². The van der Waals surface area contributed by atoms with Crippen LogP contribution in [0.4, 0.5) is 0 Å². The molecule has 0 radical (unpaired) electrons. The summed E-state index contributed by atoms with van der Waals surface area (Å²) in [5.74, 6) is 0.728. The summed E-state index contributed by atoms with van der Waals surface area (Å²) in [6.45, 7) is 2.26. The first-order chi connectivity index (χ1) is 5.11. The number of hydrogen-bond acceptors (Lipinski definition) is 2. The van der Waals surface area contributed by atoms with E-state index in [0.717, 1.165) is 12.0 Å². The average molecular weight is 156 g/mol. The van der Waals surface area contributed by atoms with Gasteiger partial charge in [-0.05, 0) is 39.3 Å². The largest absolute Gasteiger partial charge is 0.327 e. The minimum absolute atomic E-state index is 0.427. The summed E-state index contributed by atoms with van der Waals surface area (Å²) in [5.41, 5.74) is 5.98. The molecule has 2 N–H and O–H groups in total. The number of hydrogen-bond donors (Lipinski definition) is 1. The molecule has 2 nitrogen and oxygen atoms in total. The molecule has 1 aliphatic rings. The van der Waals surface area contributed by atoms with Crippen LogP contribution in [0.15, 0.2) is 0 Å². The standard InChI is InChI=1S/C9H20N2/c1-7-4-5-8(11(2)3)6-9(7)10/h7-9H,4-6,10H2,1-3H3. The van der Waals surface area contributed by atoms with Crippen LogP contribution in [0.3, 0.4) is 0 Å². The second-order valence-corrected chi connectivity index (χ2v) is 4.07. The zero-order chi connectivity index (χ0) is 8.43. The van der Waals surface area contributed by atoms with Crippen LogP contribution in [-0.2, 0) is 0 Å². The summed E-state index contributed by atoms with van der Waals surface area (Å²) >= 11 is 0. The molecule has 0 aliphatic heterocycles. The van der Waals surface area contributed by atoms with E-state index in [-0.39, 0.29) is 0 Å². The van der Waals surface area contributed by atoms with E-state index in [4.69, 9.17) is 5.73 Å². The van der Waals surface area contributed by atoms with Crippen molar-refractivity contribution in [3.63, 3.8) is 0 Å². The van der Waals surface area contributed by atoms with Gasteiger partial charge >= 0.3 is 0 Å². The molecule has 0 aromatic heterocycles. The Hall–Kier alpha value is -0.0800. The molecule has 0 bridgehead atoms. The van der Waals surface area contributed by atoms with Crippen LogP contribution in [0.2, 0.25) is 0 Å². The Morgan fingerprint density at radius 3 is 2.36 bits per heavy atom. The highest BCUT2D eigenvalue weighted by atomic mass is 15.1. The van der Waals surface area contributed by atoms with Crippen molar-refractivity contribution in [1.29, 1.82) is 0 Å². The van der Waals surface area contributed by atoms with E-state index in [1.807, 2.05) is 0 Å². The average Bonchev–Trinajstić information content (AvgIpc) is 1.94. The maximum atomic E-state index is 5.98. The minimum atomic E-state index is 0.427. The molecule has 0 aromatic rings. The summed E-state index contributed by atoms with van der Waals surface area (Å²) in [6, 6.07) is 1.15. The maximum Gasteiger partial charge on any atom is 0.0104 e. The van der Waals surface area contributed by atoms with Gasteiger partial charge < -0.3 is 10.6 Å². The molecule has 3 unspecified atom stereocenters. The fourth-order valence-corrected chi connectivity index (χ4v) is 1.80. The topological polar surface area (TPSA) is 29.3 Å². The molecule has 1 fully saturated rings. The first kappa shape index (κ1) is 9.01. The van der Waals surface area contributed by atoms with Crippen molar-refractivity contribution in [2.45, 2.75) is 38.3 Å². The molecule has 1 rings (SSSR count). The third-order valence-electron chi connectivity index (χ3n) is 2.96. The van der Waals surface area contributed by atoms with Gasteiger partial charge in [-0.15, -0.1) is 0 Å². The third-order valence-corrected chi connectivity index (χ3v) is 2.96. The Bertz CT molecular complexity index is 123. The highest BCUT2D eigenvalue weighted by Crippen LogP contribution is 2.24. The Labute approximate surface area is 69.8 Å². The van der Waals surface area contributed by atoms with Gasteiger partial charge in [-0.1, -0.05) is 6.92 Å². The van der Waals surface area contributed by atoms with Crippen LogP contribution < -0.4 is 5.73 Å². The van der Waals surface area contributed by atoms with Crippen molar-refractivity contribution in [2.75, 3.05) is 14.1 Å². The van der Waals surface area contributed by atoms with Crippen LogP contribution >= 0.6 is 0 Å². The van der Waals surface area contributed by atoms with Crippen molar-refractivity contribution in [3.8, 4) is 0 Å². The highest BCUT2D eigenvalue weighted by Gasteiger charge is 2.25. The number of nitrogens with two attached hydrogens (primary N) is 1. The molecule has 1 aliphatic carbocycles. The molecule has 66 valence electrons. The lowest BCUT2D eigenvalue weighted by molar-refractivity contribution is 0.180. The first-order valence-corrected chi connectivity index (χ1v) is 4.53. The molecule has 0 saturated heterocycles. The molecule has 2 heteroatoms. The minimum Gasteiger partial charge on any atom is -0.327 e. The molecule has 3 atom stereocenters. The van der Waals surface area contributed by atoms with Gasteiger partial charge in [-0.25, -0.2) is 0 Å². The number of nitrogens with zero attached hydrogens (tertiary/aromatic N) is 1. The summed E-state index contributed by atoms with van der Waals surface area (Å²) in [7, 11) is 4.29. The molecule has 0 heterocycles. The smallest absolute Gasteiger partial charge is 0.0104 e. The predicted octanol–water partition coefficient (Wildman–Crippen LogP) is 1.06. The highest BCUT2D eigenvalue weighted by molar-refractivity contribution is 4.83. The van der Waals surface area contributed by atoms with Crippen LogP contribution in [-0.4, -0.2) is 31.1 Å². The van der Waals surface area contributed by atoms with Crippen molar-refractivity contribution >= 4 is 0 Å². The van der Waals surface area contributed by atoms with Gasteiger partial charge in [0.1, 0.15) is 0 Å². The second-order valence-electron chi connectivity index (χ2n) is 4.07. The SMILES string of the molecule is CC1CCC(N(C)C)CC1N. The summed E-state index contributed by atoms with van der Waals surface area (Å²) < 4.78 is 0. The zero-order valence-corrected chi connectivity index (χ0v) is 7.88. The fraction of sp³-hybridized carbons (Fsp3) is 1.00. The molecule has 0 spiro atoms. The van der Waals surface area contributed by atoms with E-state index in [0.29, 0.717) is 6.04 Å². The van der Waals surface area contributed by atoms with Crippen LogP contribution in [0.25, 0.3) is 0 Å². The molecule has 0 aromatic carbocycles. The van der Waals surface area contributed by atoms with Crippen LogP contribution in [0.1, 0.15) is 26.2 Å². The van der Waals surface area contributed by atoms with Gasteiger partial charge in [-0.2, -0.15) is 0 Å². The first-order valence-electron chi connectivity index (χ1n) is 4.53. The third kappa shape index (κ3) is 2.17. The van der Waals surface area contributed by atoms with Crippen molar-refractivity contribution in [1.82, 2.24) is 4.90 Å². The molecule has 0 amide bonds. The Balaban J connectivity index is 2.40. The van der Waals surface area contributed by atoms with Gasteiger partial charge in [-0.3, -0.25) is 0 Å². The fourth-order valence-electron chi connectivity index (χ4n) is 1.80. The van der Waals surface area contributed by atoms with E-state index in [1.54, 1.807) is 0 Å². The lowest BCUT2D eigenvalue weighted by Gasteiger charge is -2.35. The summed E-state index contributed by atoms with van der Waals surface area (Å²) in [4.78, 5) is 2.30. The Morgan fingerprint density at radius 2 is 1.91 bits per heavy atom. The molecular weight excluding hydrogens is 136 g/mol. The second kappa shape index (κ2) is 3.55. The van der Waals surface area contributed by atoms with Crippen molar-refractivity contribution in [2.24, 2.45) is 11.7 Å². The van der Waals surface area contributed by atoms with E-state index < -0.39 is 0 Å². The van der Waals surface area contributed by atoms with Gasteiger partial charge in [0, 0.05) is 12.1 Å². The molecular formula is C9H20N2. The van der Waals surface area contributed by atoms with Crippen LogP contribution in [0, 0.1) is 5.92 Å². The predicted molar refractivity (Wildman–Crippen MR) is 48.5 cm³/mol. The number of rotatable bonds is 1. The van der Waals surface area contributed by atoms with Gasteiger partial charge in [0.2, 0.25) is 0 Å². The van der Waals surface area contributed by atoms with Crippen molar-refractivity contribution < 1.29 is 0 Å². The monoisotopic (exact) mass is 156 g/mol. The summed E-state index contributed by atoms with van der Waals surface area (Å²) in [5, 5.41) is 0. The lowest BCUT2D eigenvalue weighted by Crippen LogP contribution is -2.42. The van der Waals surface area contributed by atoms with E-state index in [2.05, 4.69) is 25.9 Å². The van der Waals surface area contributed by atoms with Gasteiger partial charge in [0.05, 0.1) is 0 Å². The zero-order valence-electron chi connectivity index (χ0n) is 7.88.